The lowest BCUT2D eigenvalue weighted by Gasteiger charge is -2.71. The van der Waals surface area contributed by atoms with Crippen LogP contribution in [0.2, 0.25) is 0 Å². The fraction of sp³-hybridized carbons (Fsp3) is 1.00. The number of rotatable bonds is 2. The summed E-state index contributed by atoms with van der Waals surface area (Å²) in [5.74, 6) is 3.46. The van der Waals surface area contributed by atoms with E-state index in [0.29, 0.717) is 34.7 Å². The van der Waals surface area contributed by atoms with Gasteiger partial charge in [-0.15, -0.1) is 0 Å². The average Bonchev–Trinajstić information content (AvgIpc) is 3.13. The summed E-state index contributed by atoms with van der Waals surface area (Å²) >= 11 is 0. The Morgan fingerprint density at radius 1 is 0.828 bits per heavy atom. The van der Waals surface area contributed by atoms with Crippen molar-refractivity contribution in [3.8, 4) is 0 Å². The summed E-state index contributed by atoms with van der Waals surface area (Å²) in [7, 11) is 0. The zero-order valence-electron chi connectivity index (χ0n) is 19.3. The van der Waals surface area contributed by atoms with Crippen LogP contribution in [0.1, 0.15) is 98.3 Å². The van der Waals surface area contributed by atoms with Gasteiger partial charge in [0, 0.05) is 6.61 Å². The third-order valence-corrected chi connectivity index (χ3v) is 12.6. The quantitative estimate of drug-likeness (QED) is 0.531. The van der Waals surface area contributed by atoms with Gasteiger partial charge in [0.15, 0.2) is 0 Å². The fourth-order valence-electron chi connectivity index (χ4n) is 10.7. The number of hydrogen-bond donors (Lipinski definition) is 1. The van der Waals surface area contributed by atoms with E-state index in [1.54, 1.807) is 0 Å². The number of aliphatic hydroxyl groups is 1. The number of hydrogen-bond acceptors (Lipinski definition) is 3. The zero-order chi connectivity index (χ0) is 20.7. The standard InChI is InChI=1S/C26H43NO2/c1-17-18-9-13-25(4)22(23(18,2)12-10-21(17)27-29)8-7-19-20-6-5-11-26(20,16-28)15-14-24(19,25)3/h17-22,28H,5-16H2,1-4H3/t17?,18?,19?,20?,21?,22?,23?,24-,25?,26?/m1/s1. The van der Waals surface area contributed by atoms with Gasteiger partial charge in [-0.05, 0) is 115 Å². The number of nitroso groups, excluding NO2 is 1. The van der Waals surface area contributed by atoms with Crippen LogP contribution in [0.25, 0.3) is 0 Å². The first-order valence-electron chi connectivity index (χ1n) is 12.7. The second-order valence-corrected chi connectivity index (χ2v) is 12.8. The van der Waals surface area contributed by atoms with Crippen LogP contribution in [0.15, 0.2) is 5.18 Å². The van der Waals surface area contributed by atoms with E-state index in [4.69, 9.17) is 0 Å². The molecule has 0 bridgehead atoms. The predicted molar refractivity (Wildman–Crippen MR) is 117 cm³/mol. The summed E-state index contributed by atoms with van der Waals surface area (Å²) in [4.78, 5) is 11.4. The van der Waals surface area contributed by atoms with Crippen molar-refractivity contribution in [1.29, 1.82) is 0 Å². The minimum absolute atomic E-state index is 0.0442. The first-order valence-corrected chi connectivity index (χ1v) is 12.7. The molecule has 164 valence electrons. The van der Waals surface area contributed by atoms with Gasteiger partial charge in [-0.2, -0.15) is 4.91 Å². The molecule has 0 spiro atoms. The van der Waals surface area contributed by atoms with Crippen molar-refractivity contribution in [1.82, 2.24) is 0 Å². The number of aliphatic hydroxyl groups excluding tert-OH is 1. The van der Waals surface area contributed by atoms with Crippen LogP contribution in [-0.4, -0.2) is 17.8 Å². The summed E-state index contributed by atoms with van der Waals surface area (Å²) in [5, 5.41) is 13.9. The Morgan fingerprint density at radius 3 is 2.34 bits per heavy atom. The van der Waals surface area contributed by atoms with E-state index in [1.807, 2.05) is 0 Å². The van der Waals surface area contributed by atoms with Gasteiger partial charge in [0.05, 0.1) is 6.04 Å². The van der Waals surface area contributed by atoms with Gasteiger partial charge in [-0.3, -0.25) is 0 Å². The SMILES string of the molecule is CC1C(N=O)CCC2(C)C1CCC1(C)C2CCC2C3CCCC3(CO)CC[C@]21C. The minimum atomic E-state index is 0.0442. The van der Waals surface area contributed by atoms with Crippen LogP contribution in [0.3, 0.4) is 0 Å². The largest absolute Gasteiger partial charge is 0.396 e. The topological polar surface area (TPSA) is 49.7 Å². The van der Waals surface area contributed by atoms with Crippen molar-refractivity contribution < 1.29 is 5.11 Å². The van der Waals surface area contributed by atoms with Crippen LogP contribution >= 0.6 is 0 Å². The Bertz CT molecular complexity index is 680. The number of nitrogens with zero attached hydrogens (tertiary/aromatic N) is 1. The normalized spacial score (nSPS) is 59.2. The first kappa shape index (κ1) is 20.5. The zero-order valence-corrected chi connectivity index (χ0v) is 19.3. The third-order valence-electron chi connectivity index (χ3n) is 12.6. The molecule has 5 aliphatic rings. The first-order chi connectivity index (χ1) is 13.8. The van der Waals surface area contributed by atoms with Crippen molar-refractivity contribution >= 4 is 0 Å². The summed E-state index contributed by atoms with van der Waals surface area (Å²) in [6.07, 6.45) is 14.1. The highest BCUT2D eigenvalue weighted by molar-refractivity contribution is 5.17. The molecule has 5 fully saturated rings. The molecule has 5 rings (SSSR count). The monoisotopic (exact) mass is 401 g/mol. The molecule has 10 atom stereocenters. The lowest BCUT2D eigenvalue weighted by Crippen LogP contribution is -2.65. The maximum Gasteiger partial charge on any atom is 0.0948 e. The van der Waals surface area contributed by atoms with E-state index < -0.39 is 0 Å². The van der Waals surface area contributed by atoms with Gasteiger partial charge in [0.2, 0.25) is 0 Å². The van der Waals surface area contributed by atoms with Crippen molar-refractivity contribution in [2.24, 2.45) is 56.4 Å². The Hall–Kier alpha value is -0.440. The van der Waals surface area contributed by atoms with Crippen LogP contribution < -0.4 is 0 Å². The summed E-state index contributed by atoms with van der Waals surface area (Å²) < 4.78 is 0. The molecular weight excluding hydrogens is 358 g/mol. The van der Waals surface area contributed by atoms with E-state index in [9.17, 15) is 10.0 Å². The minimum Gasteiger partial charge on any atom is -0.396 e. The van der Waals surface area contributed by atoms with E-state index in [0.717, 1.165) is 24.2 Å². The van der Waals surface area contributed by atoms with E-state index in [2.05, 4.69) is 32.9 Å². The maximum atomic E-state index is 11.4. The van der Waals surface area contributed by atoms with Gasteiger partial charge in [-0.1, -0.05) is 39.3 Å². The Balaban J connectivity index is 1.50. The fourth-order valence-corrected chi connectivity index (χ4v) is 10.7. The van der Waals surface area contributed by atoms with E-state index >= 15 is 0 Å². The van der Waals surface area contributed by atoms with Gasteiger partial charge >= 0.3 is 0 Å². The highest BCUT2D eigenvalue weighted by Gasteiger charge is 2.68. The second-order valence-electron chi connectivity index (χ2n) is 12.8. The molecule has 29 heavy (non-hydrogen) atoms. The smallest absolute Gasteiger partial charge is 0.0948 e. The van der Waals surface area contributed by atoms with Gasteiger partial charge in [0.25, 0.3) is 0 Å². The second kappa shape index (κ2) is 6.53. The van der Waals surface area contributed by atoms with Crippen LogP contribution in [0.5, 0.6) is 0 Å². The van der Waals surface area contributed by atoms with Crippen LogP contribution in [0, 0.1) is 56.2 Å². The van der Waals surface area contributed by atoms with Gasteiger partial charge in [-0.25, -0.2) is 0 Å². The third kappa shape index (κ3) is 2.40. The van der Waals surface area contributed by atoms with Crippen LogP contribution in [0.4, 0.5) is 0 Å². The van der Waals surface area contributed by atoms with Crippen molar-refractivity contribution in [3.05, 3.63) is 4.91 Å². The number of fused-ring (bicyclic) bond motifs is 7. The highest BCUT2D eigenvalue weighted by Crippen LogP contribution is 2.75. The van der Waals surface area contributed by atoms with Gasteiger partial charge in [0.1, 0.15) is 0 Å². The molecule has 0 aromatic carbocycles. The van der Waals surface area contributed by atoms with Crippen molar-refractivity contribution in [2.75, 3.05) is 6.61 Å². The molecule has 0 aromatic rings. The van der Waals surface area contributed by atoms with Crippen molar-refractivity contribution in [3.63, 3.8) is 0 Å². The molecular formula is C26H43NO2. The molecule has 0 aromatic heterocycles. The molecule has 0 radical (unpaired) electrons. The van der Waals surface area contributed by atoms with Crippen molar-refractivity contribution in [2.45, 2.75) is 104 Å². The summed E-state index contributed by atoms with van der Waals surface area (Å²) in [6.45, 7) is 10.7. The maximum absolute atomic E-state index is 11.4. The molecule has 1 N–H and O–H groups in total. The molecule has 0 aliphatic heterocycles. The highest BCUT2D eigenvalue weighted by atomic mass is 16.3. The molecule has 9 unspecified atom stereocenters. The Morgan fingerprint density at radius 2 is 1.62 bits per heavy atom. The average molecular weight is 402 g/mol. The van der Waals surface area contributed by atoms with Crippen LogP contribution in [-0.2, 0) is 0 Å². The lowest BCUT2D eigenvalue weighted by atomic mass is 9.33. The molecule has 5 aliphatic carbocycles. The van der Waals surface area contributed by atoms with E-state index in [-0.39, 0.29) is 11.5 Å². The molecule has 0 saturated heterocycles. The lowest BCUT2D eigenvalue weighted by molar-refractivity contribution is -0.229. The molecule has 0 heterocycles. The Labute approximate surface area is 177 Å². The van der Waals surface area contributed by atoms with E-state index in [1.165, 1.54) is 64.2 Å². The molecule has 3 nitrogen and oxygen atoms in total. The molecule has 0 amide bonds. The predicted octanol–water partition coefficient (Wildman–Crippen LogP) is 6.58. The molecule has 5 saturated carbocycles. The van der Waals surface area contributed by atoms with Gasteiger partial charge < -0.3 is 5.11 Å². The summed E-state index contributed by atoms with van der Waals surface area (Å²) in [6, 6.07) is 0.0442. The molecule has 3 heteroatoms. The Kier molecular flexibility index (Phi) is 4.61. The summed E-state index contributed by atoms with van der Waals surface area (Å²) in [5.41, 5.74) is 1.45.